The number of ether oxygens (including phenoxy) is 4. The van der Waals surface area contributed by atoms with Crippen LogP contribution < -0.4 is 14.2 Å². The molecule has 1 aromatic carbocycles. The normalized spacial score (nSPS) is 38.0. The van der Waals surface area contributed by atoms with Gasteiger partial charge in [0.25, 0.3) is 0 Å². The fourth-order valence-electron chi connectivity index (χ4n) is 4.97. The topological polar surface area (TPSA) is 60.4 Å². The van der Waals surface area contributed by atoms with Crippen molar-refractivity contribution in [3.8, 4) is 17.2 Å². The van der Waals surface area contributed by atoms with Crippen molar-refractivity contribution in [2.24, 2.45) is 0 Å². The molecule has 1 aromatic rings. The molecule has 6 nitrogen and oxygen atoms in total. The van der Waals surface area contributed by atoms with E-state index in [0.29, 0.717) is 18.0 Å². The second-order valence-corrected chi connectivity index (χ2v) is 6.93. The smallest absolute Gasteiger partial charge is 0.231 e. The fourth-order valence-corrected chi connectivity index (χ4v) is 4.97. The predicted molar refractivity (Wildman–Crippen MR) is 85.6 cm³/mol. The van der Waals surface area contributed by atoms with E-state index >= 15 is 0 Å². The van der Waals surface area contributed by atoms with Gasteiger partial charge in [0.2, 0.25) is 12.5 Å². The van der Waals surface area contributed by atoms with E-state index in [4.69, 9.17) is 18.9 Å². The van der Waals surface area contributed by atoms with Gasteiger partial charge in [-0.15, -0.1) is 0 Å². The minimum Gasteiger partial charge on any atom is -0.492 e. The minimum absolute atomic E-state index is 0.0911. The molecule has 3 aliphatic heterocycles. The Morgan fingerprint density at radius 2 is 2.21 bits per heavy atom. The lowest BCUT2D eigenvalue weighted by atomic mass is 9.65. The van der Waals surface area contributed by atoms with E-state index in [2.05, 4.69) is 17.1 Å². The lowest BCUT2D eigenvalue weighted by Gasteiger charge is -2.46. The SMILES string of the molecule is COc1c2c(cc3c1OCO3)[C@]13C=C[C@@H](OC)C[C@H]1N(C2)C[C@H]3O. The number of benzene rings is 1. The summed E-state index contributed by atoms with van der Waals surface area (Å²) in [7, 11) is 3.39. The van der Waals surface area contributed by atoms with Crippen LogP contribution in [0, 0.1) is 0 Å². The number of aliphatic hydroxyl groups is 1. The first-order chi connectivity index (χ1) is 11.7. The van der Waals surface area contributed by atoms with Gasteiger partial charge in [-0.1, -0.05) is 12.2 Å². The van der Waals surface area contributed by atoms with Gasteiger partial charge < -0.3 is 24.1 Å². The van der Waals surface area contributed by atoms with Crippen LogP contribution in [0.3, 0.4) is 0 Å². The zero-order valence-corrected chi connectivity index (χ0v) is 13.8. The van der Waals surface area contributed by atoms with Crippen LogP contribution in [0.25, 0.3) is 0 Å². The Labute approximate surface area is 140 Å². The van der Waals surface area contributed by atoms with Crippen LogP contribution in [0.15, 0.2) is 18.2 Å². The molecule has 0 saturated carbocycles. The Morgan fingerprint density at radius 1 is 1.33 bits per heavy atom. The standard InChI is InChI=1S/C18H21NO5/c1-21-10-3-4-18-12-6-13-17(24-9-23-13)16(22-2)11(12)7-19(8-15(18)20)14(18)5-10/h3-4,6,10,14-15,20H,5,7-9H2,1-2H3/t10-,14-,15-,18-/m1/s1. The number of aliphatic hydroxyl groups excluding tert-OH is 1. The summed E-state index contributed by atoms with van der Waals surface area (Å²) in [5.74, 6) is 2.11. The van der Waals surface area contributed by atoms with Crippen molar-refractivity contribution in [1.82, 2.24) is 4.90 Å². The van der Waals surface area contributed by atoms with Crippen molar-refractivity contribution in [2.75, 3.05) is 27.6 Å². The van der Waals surface area contributed by atoms with Crippen molar-refractivity contribution in [3.05, 3.63) is 29.3 Å². The highest BCUT2D eigenvalue weighted by atomic mass is 16.7. The third-order valence-electron chi connectivity index (χ3n) is 6.05. The molecule has 5 atom stereocenters. The van der Waals surface area contributed by atoms with Crippen LogP contribution in [-0.4, -0.2) is 55.8 Å². The number of hydrogen-bond acceptors (Lipinski definition) is 6. The minimum atomic E-state index is -0.456. The molecular formula is C18H21NO5. The predicted octanol–water partition coefficient (Wildman–Crippen LogP) is 1.20. The summed E-state index contributed by atoms with van der Waals surface area (Å²) in [4.78, 5) is 2.34. The van der Waals surface area contributed by atoms with Crippen molar-refractivity contribution in [1.29, 1.82) is 0 Å². The molecule has 128 valence electrons. The number of fused-ring (bicyclic) bond motifs is 2. The maximum atomic E-state index is 11.0. The third kappa shape index (κ3) is 1.61. The number of methoxy groups -OCH3 is 2. The highest BCUT2D eigenvalue weighted by molar-refractivity contribution is 5.65. The van der Waals surface area contributed by atoms with Crippen molar-refractivity contribution in [2.45, 2.75) is 36.6 Å². The Kier molecular flexibility index (Phi) is 2.96. The molecule has 0 aromatic heterocycles. The van der Waals surface area contributed by atoms with Gasteiger partial charge in [-0.05, 0) is 18.1 Å². The monoisotopic (exact) mass is 331 g/mol. The summed E-state index contributed by atoms with van der Waals surface area (Å²) in [6.45, 7) is 1.59. The molecule has 1 unspecified atom stereocenters. The maximum absolute atomic E-state index is 11.0. The van der Waals surface area contributed by atoms with Crippen LogP contribution in [0.5, 0.6) is 17.2 Å². The molecule has 3 heterocycles. The lowest BCUT2D eigenvalue weighted by Crippen LogP contribution is -2.52. The summed E-state index contributed by atoms with van der Waals surface area (Å²) < 4.78 is 22.4. The number of nitrogens with zero attached hydrogens (tertiary/aromatic N) is 1. The van der Waals surface area contributed by atoms with E-state index in [1.54, 1.807) is 14.2 Å². The highest BCUT2D eigenvalue weighted by Crippen LogP contribution is 2.57. The lowest BCUT2D eigenvalue weighted by molar-refractivity contribution is 0.0655. The summed E-state index contributed by atoms with van der Waals surface area (Å²) >= 11 is 0. The van der Waals surface area contributed by atoms with Crippen molar-refractivity contribution in [3.63, 3.8) is 0 Å². The van der Waals surface area contributed by atoms with Crippen LogP contribution in [0.4, 0.5) is 0 Å². The Balaban J connectivity index is 1.76. The third-order valence-corrected chi connectivity index (χ3v) is 6.05. The second-order valence-electron chi connectivity index (χ2n) is 6.93. The molecule has 1 fully saturated rings. The van der Waals surface area contributed by atoms with Gasteiger partial charge in [-0.3, -0.25) is 4.90 Å². The molecule has 0 amide bonds. The molecule has 24 heavy (non-hydrogen) atoms. The molecule has 5 rings (SSSR count). The molecule has 1 saturated heterocycles. The first-order valence-corrected chi connectivity index (χ1v) is 8.33. The molecule has 1 N–H and O–H groups in total. The highest BCUT2D eigenvalue weighted by Gasteiger charge is 2.59. The van der Waals surface area contributed by atoms with Crippen molar-refractivity contribution < 1.29 is 24.1 Å². The van der Waals surface area contributed by atoms with E-state index in [-0.39, 0.29) is 18.9 Å². The molecule has 0 spiro atoms. The van der Waals surface area contributed by atoms with E-state index in [0.717, 1.165) is 29.8 Å². The fraction of sp³-hybridized carbons (Fsp3) is 0.556. The van der Waals surface area contributed by atoms with Gasteiger partial charge in [0.05, 0.1) is 24.7 Å². The molecular weight excluding hydrogens is 310 g/mol. The average molecular weight is 331 g/mol. The van der Waals surface area contributed by atoms with Gasteiger partial charge in [0.1, 0.15) is 0 Å². The number of rotatable bonds is 2. The first kappa shape index (κ1) is 14.6. The number of hydrogen-bond donors (Lipinski definition) is 1. The van der Waals surface area contributed by atoms with Crippen LogP contribution in [0.2, 0.25) is 0 Å². The largest absolute Gasteiger partial charge is 0.492 e. The summed E-state index contributed by atoms with van der Waals surface area (Å²) in [5, 5.41) is 11.0. The van der Waals surface area contributed by atoms with Gasteiger partial charge >= 0.3 is 0 Å². The summed E-state index contributed by atoms with van der Waals surface area (Å²) in [5.41, 5.74) is 1.76. The molecule has 0 radical (unpaired) electrons. The van der Waals surface area contributed by atoms with Gasteiger partial charge in [0.15, 0.2) is 11.5 Å². The second kappa shape index (κ2) is 4.88. The maximum Gasteiger partial charge on any atom is 0.231 e. The zero-order chi connectivity index (χ0) is 16.5. The molecule has 4 aliphatic rings. The van der Waals surface area contributed by atoms with Crippen LogP contribution in [0.1, 0.15) is 17.5 Å². The van der Waals surface area contributed by atoms with Crippen molar-refractivity contribution >= 4 is 0 Å². The zero-order valence-electron chi connectivity index (χ0n) is 13.8. The Bertz CT molecular complexity index is 733. The molecule has 2 bridgehead atoms. The summed E-state index contributed by atoms with van der Waals surface area (Å²) in [6, 6.07) is 2.26. The van der Waals surface area contributed by atoms with E-state index < -0.39 is 11.5 Å². The average Bonchev–Trinajstić information content (AvgIpc) is 3.14. The molecule has 1 aliphatic carbocycles. The van der Waals surface area contributed by atoms with E-state index in [1.807, 2.05) is 6.07 Å². The molecule has 6 heteroatoms. The van der Waals surface area contributed by atoms with Crippen LogP contribution in [-0.2, 0) is 16.7 Å². The van der Waals surface area contributed by atoms with Gasteiger partial charge in [-0.2, -0.15) is 0 Å². The quantitative estimate of drug-likeness (QED) is 0.822. The van der Waals surface area contributed by atoms with Crippen LogP contribution >= 0.6 is 0 Å². The van der Waals surface area contributed by atoms with Gasteiger partial charge in [0, 0.05) is 31.8 Å². The summed E-state index contributed by atoms with van der Waals surface area (Å²) in [6.07, 6.45) is 4.73. The van der Waals surface area contributed by atoms with Gasteiger partial charge in [-0.25, -0.2) is 0 Å². The van der Waals surface area contributed by atoms with E-state index in [1.165, 1.54) is 0 Å². The first-order valence-electron chi connectivity index (χ1n) is 8.33. The van der Waals surface area contributed by atoms with E-state index in [9.17, 15) is 5.11 Å². The Morgan fingerprint density at radius 3 is 3.00 bits per heavy atom. The Hall–Kier alpha value is -1.76.